The molecule has 0 aliphatic carbocycles. The van der Waals surface area contributed by atoms with Crippen LogP contribution in [0.1, 0.15) is 23.2 Å². The van der Waals surface area contributed by atoms with Gasteiger partial charge >= 0.3 is 0 Å². The number of carbonyl (C=O) groups is 1. The molecule has 0 bridgehead atoms. The lowest BCUT2D eigenvalue weighted by atomic mass is 10.2. The Labute approximate surface area is 171 Å². The number of carbonyl (C=O) groups excluding carboxylic acids is 1. The van der Waals surface area contributed by atoms with Crippen LogP contribution < -0.4 is 20.3 Å². The van der Waals surface area contributed by atoms with Gasteiger partial charge in [0.15, 0.2) is 0 Å². The first kappa shape index (κ1) is 20.7. The van der Waals surface area contributed by atoms with Crippen LogP contribution in [0.4, 0.5) is 11.4 Å². The Bertz CT molecular complexity index is 861. The molecule has 0 saturated carbocycles. The normalized spacial score (nSPS) is 16.4. The van der Waals surface area contributed by atoms with E-state index in [2.05, 4.69) is 15.6 Å². The highest BCUT2D eigenvalue weighted by Crippen LogP contribution is 2.17. The van der Waals surface area contributed by atoms with Gasteiger partial charge in [-0.1, -0.05) is 12.1 Å². The van der Waals surface area contributed by atoms with Gasteiger partial charge in [-0.3, -0.25) is 10.1 Å². The average Bonchev–Trinajstić information content (AvgIpc) is 3.26. The second-order valence-electron chi connectivity index (χ2n) is 7.08. The van der Waals surface area contributed by atoms with E-state index in [1.54, 1.807) is 13.2 Å². The van der Waals surface area contributed by atoms with E-state index in [1.165, 1.54) is 0 Å². The number of aliphatic imine (C=N–C) groups is 1. The fourth-order valence-electron chi connectivity index (χ4n) is 3.03. The second-order valence-corrected chi connectivity index (χ2v) is 7.08. The number of methoxy groups -OCH3 is 1. The fourth-order valence-corrected chi connectivity index (χ4v) is 3.03. The second kappa shape index (κ2) is 9.93. The van der Waals surface area contributed by atoms with Crippen molar-refractivity contribution in [2.75, 3.05) is 44.6 Å². The van der Waals surface area contributed by atoms with Crippen LogP contribution in [-0.2, 0) is 4.74 Å². The van der Waals surface area contributed by atoms with E-state index >= 15 is 0 Å². The molecule has 29 heavy (non-hydrogen) atoms. The topological polar surface area (TPSA) is 75.2 Å². The molecule has 1 fully saturated rings. The number of nitrogens with zero attached hydrogens (tertiary/aromatic N) is 2. The number of ether oxygens (including phenoxy) is 2. The minimum absolute atomic E-state index is 0.0890. The summed E-state index contributed by atoms with van der Waals surface area (Å²) in [4.78, 5) is 19.4. The highest BCUT2D eigenvalue weighted by molar-refractivity contribution is 6.10. The number of hydrogen-bond acceptors (Lipinski definition) is 5. The number of anilines is 2. The van der Waals surface area contributed by atoms with Crippen molar-refractivity contribution in [3.63, 3.8) is 0 Å². The molecule has 0 radical (unpaired) electrons. The highest BCUT2D eigenvalue weighted by atomic mass is 16.5. The number of hydrogen-bond donors (Lipinski definition) is 2. The molecule has 1 atom stereocenters. The summed E-state index contributed by atoms with van der Waals surface area (Å²) in [5.74, 6) is 0.877. The number of rotatable bonds is 6. The Hall–Kier alpha value is -3.06. The summed E-state index contributed by atoms with van der Waals surface area (Å²) < 4.78 is 10.9. The molecule has 7 nitrogen and oxygen atoms in total. The van der Waals surface area contributed by atoms with E-state index < -0.39 is 0 Å². The van der Waals surface area contributed by atoms with Gasteiger partial charge in [0.2, 0.25) is 5.96 Å². The monoisotopic (exact) mass is 396 g/mol. The van der Waals surface area contributed by atoms with Gasteiger partial charge in [-0.2, -0.15) is 0 Å². The molecule has 0 spiro atoms. The van der Waals surface area contributed by atoms with E-state index in [1.807, 2.05) is 61.5 Å². The molecule has 3 rings (SSSR count). The zero-order chi connectivity index (χ0) is 20.6. The molecule has 1 heterocycles. The van der Waals surface area contributed by atoms with Crippen molar-refractivity contribution in [3.05, 3.63) is 54.1 Å². The maximum absolute atomic E-state index is 12.8. The SMILES string of the molecule is COc1cccc(NC(=NC[C@@H]2CCCO2)NC(=O)c2cccc(N(C)C)c2)c1. The predicted octanol–water partition coefficient (Wildman–Crippen LogP) is 3.14. The Morgan fingerprint density at radius 2 is 2.07 bits per heavy atom. The lowest BCUT2D eigenvalue weighted by Crippen LogP contribution is -2.36. The highest BCUT2D eigenvalue weighted by Gasteiger charge is 2.16. The smallest absolute Gasteiger partial charge is 0.258 e. The number of benzene rings is 2. The van der Waals surface area contributed by atoms with Crippen LogP contribution in [0.15, 0.2) is 53.5 Å². The van der Waals surface area contributed by atoms with Gasteiger partial charge in [-0.15, -0.1) is 0 Å². The Morgan fingerprint density at radius 1 is 1.24 bits per heavy atom. The molecular formula is C22H28N4O3. The molecule has 1 saturated heterocycles. The van der Waals surface area contributed by atoms with Gasteiger partial charge in [0.25, 0.3) is 5.91 Å². The van der Waals surface area contributed by atoms with Crippen LogP contribution in [0.25, 0.3) is 0 Å². The lowest BCUT2D eigenvalue weighted by Gasteiger charge is -2.15. The predicted molar refractivity (Wildman–Crippen MR) is 116 cm³/mol. The Kier molecular flexibility index (Phi) is 7.08. The van der Waals surface area contributed by atoms with Crippen LogP contribution in [0.5, 0.6) is 5.75 Å². The summed E-state index contributed by atoms with van der Waals surface area (Å²) in [7, 11) is 5.50. The fraction of sp³-hybridized carbons (Fsp3) is 0.364. The van der Waals surface area contributed by atoms with E-state index in [-0.39, 0.29) is 12.0 Å². The van der Waals surface area contributed by atoms with E-state index in [0.717, 1.165) is 36.6 Å². The molecule has 7 heteroatoms. The summed E-state index contributed by atoms with van der Waals surface area (Å²) in [6.45, 7) is 1.26. The standard InChI is InChI=1S/C22H28N4O3/c1-26(2)18-9-4-7-16(13-18)21(27)25-22(23-15-20-11-6-12-29-20)24-17-8-5-10-19(14-17)28-3/h4-5,7-10,13-14,20H,6,11-12,15H2,1-3H3,(H2,23,24,25,27)/t20-/m0/s1. The molecular weight excluding hydrogens is 368 g/mol. The number of guanidine groups is 1. The largest absolute Gasteiger partial charge is 0.497 e. The zero-order valence-electron chi connectivity index (χ0n) is 17.1. The van der Waals surface area contributed by atoms with Gasteiger partial charge in [-0.05, 0) is 43.2 Å². The van der Waals surface area contributed by atoms with Gasteiger partial charge < -0.3 is 19.7 Å². The van der Waals surface area contributed by atoms with E-state index in [4.69, 9.17) is 9.47 Å². The third-order valence-corrected chi connectivity index (χ3v) is 4.67. The first-order chi connectivity index (χ1) is 14.0. The lowest BCUT2D eigenvalue weighted by molar-refractivity contribution is 0.0975. The van der Waals surface area contributed by atoms with Crippen molar-refractivity contribution < 1.29 is 14.3 Å². The van der Waals surface area contributed by atoms with Gasteiger partial charge in [0, 0.05) is 43.7 Å². The van der Waals surface area contributed by atoms with Crippen LogP contribution >= 0.6 is 0 Å². The van der Waals surface area contributed by atoms with Crippen molar-refractivity contribution in [2.45, 2.75) is 18.9 Å². The van der Waals surface area contributed by atoms with Crippen molar-refractivity contribution in [2.24, 2.45) is 4.99 Å². The van der Waals surface area contributed by atoms with E-state index in [9.17, 15) is 4.79 Å². The first-order valence-electron chi connectivity index (χ1n) is 9.71. The maximum atomic E-state index is 12.8. The quantitative estimate of drug-likeness (QED) is 0.580. The molecule has 0 unspecified atom stereocenters. The summed E-state index contributed by atoms with van der Waals surface area (Å²) in [6, 6.07) is 14.9. The Balaban J connectivity index is 1.77. The number of amides is 1. The third kappa shape index (κ3) is 5.96. The van der Waals surface area contributed by atoms with Crippen molar-refractivity contribution in [1.82, 2.24) is 5.32 Å². The number of nitrogens with one attached hydrogen (secondary N) is 2. The molecule has 2 aromatic rings. The Morgan fingerprint density at radius 3 is 2.79 bits per heavy atom. The van der Waals surface area contributed by atoms with Crippen molar-refractivity contribution >= 4 is 23.2 Å². The molecule has 2 N–H and O–H groups in total. The average molecular weight is 396 g/mol. The third-order valence-electron chi connectivity index (χ3n) is 4.67. The van der Waals surface area contributed by atoms with Crippen LogP contribution in [0.3, 0.4) is 0 Å². The van der Waals surface area contributed by atoms with Crippen molar-refractivity contribution in [3.8, 4) is 5.75 Å². The van der Waals surface area contributed by atoms with Crippen LogP contribution in [0, 0.1) is 0 Å². The molecule has 154 valence electrons. The van der Waals surface area contributed by atoms with Crippen LogP contribution in [-0.4, -0.2) is 52.3 Å². The van der Waals surface area contributed by atoms with E-state index in [0.29, 0.717) is 18.1 Å². The minimum atomic E-state index is -0.227. The van der Waals surface area contributed by atoms with Crippen LogP contribution in [0.2, 0.25) is 0 Å². The first-order valence-corrected chi connectivity index (χ1v) is 9.71. The molecule has 0 aromatic heterocycles. The summed E-state index contributed by atoms with van der Waals surface area (Å²) in [5, 5.41) is 6.08. The summed E-state index contributed by atoms with van der Waals surface area (Å²) in [6.07, 6.45) is 2.11. The van der Waals surface area contributed by atoms with Gasteiger partial charge in [-0.25, -0.2) is 4.99 Å². The molecule has 2 aromatic carbocycles. The summed E-state index contributed by atoms with van der Waals surface area (Å²) in [5.41, 5.74) is 2.29. The maximum Gasteiger partial charge on any atom is 0.258 e. The minimum Gasteiger partial charge on any atom is -0.497 e. The van der Waals surface area contributed by atoms with Gasteiger partial charge in [0.05, 0.1) is 19.8 Å². The van der Waals surface area contributed by atoms with Crippen molar-refractivity contribution in [1.29, 1.82) is 0 Å². The molecule has 1 aliphatic rings. The molecule has 1 amide bonds. The molecule has 1 aliphatic heterocycles. The summed E-state index contributed by atoms with van der Waals surface area (Å²) >= 11 is 0. The van der Waals surface area contributed by atoms with Gasteiger partial charge in [0.1, 0.15) is 5.75 Å². The zero-order valence-corrected chi connectivity index (χ0v) is 17.1.